The molecule has 1 unspecified atom stereocenters. The minimum atomic E-state index is -0.338. The lowest BCUT2D eigenvalue weighted by Crippen LogP contribution is -3.11. The number of fused-ring (bicyclic) bond motifs is 4. The zero-order valence-electron chi connectivity index (χ0n) is 16.2. The Labute approximate surface area is 170 Å². The van der Waals surface area contributed by atoms with Crippen LogP contribution in [0.25, 0.3) is 5.70 Å². The van der Waals surface area contributed by atoms with Crippen LogP contribution in [0, 0.1) is 0 Å². The van der Waals surface area contributed by atoms with E-state index in [9.17, 15) is 0 Å². The fourth-order valence-corrected chi connectivity index (χ4v) is 4.67. The second kappa shape index (κ2) is 6.69. The van der Waals surface area contributed by atoms with E-state index in [2.05, 4.69) is 35.7 Å². The zero-order chi connectivity index (χ0) is 19.3. The standard InChI is InChI=1S/C22H24ClN3O2/c1-25-11-9-22(10-12-25)26-20(18-13-16(23)5-8-21(18)28-22)14-19(24-26)15-3-6-17(27-2)7-4-15/h3-8,13-14,20,24H,9-12H2,1-2H3/p+1. The van der Waals surface area contributed by atoms with E-state index in [0.29, 0.717) is 0 Å². The van der Waals surface area contributed by atoms with E-state index in [1.54, 1.807) is 12.0 Å². The van der Waals surface area contributed by atoms with Gasteiger partial charge in [0.2, 0.25) is 0 Å². The lowest BCUT2D eigenvalue weighted by Gasteiger charge is -2.50. The monoisotopic (exact) mass is 398 g/mol. The summed E-state index contributed by atoms with van der Waals surface area (Å²) in [5.41, 5.74) is 6.66. The summed E-state index contributed by atoms with van der Waals surface area (Å²) >= 11 is 6.32. The van der Waals surface area contributed by atoms with Gasteiger partial charge >= 0.3 is 0 Å². The first-order valence-corrected chi connectivity index (χ1v) is 10.2. The molecular weight excluding hydrogens is 374 g/mol. The molecule has 0 amide bonds. The van der Waals surface area contributed by atoms with Gasteiger partial charge in [0.15, 0.2) is 5.72 Å². The third-order valence-electron chi connectivity index (χ3n) is 6.16. The molecule has 6 heteroatoms. The molecule has 1 atom stereocenters. The first-order valence-electron chi connectivity index (χ1n) is 9.80. The normalized spacial score (nSPS) is 28.8. The van der Waals surface area contributed by atoms with Crippen molar-refractivity contribution < 1.29 is 14.4 Å². The summed E-state index contributed by atoms with van der Waals surface area (Å²) in [6.45, 7) is 2.18. The number of piperidine rings is 1. The number of nitrogens with zero attached hydrogens (tertiary/aromatic N) is 1. The highest BCUT2D eigenvalue weighted by atomic mass is 35.5. The maximum absolute atomic E-state index is 6.64. The summed E-state index contributed by atoms with van der Waals surface area (Å²) in [6, 6.07) is 14.2. The summed E-state index contributed by atoms with van der Waals surface area (Å²) < 4.78 is 11.9. The van der Waals surface area contributed by atoms with E-state index in [4.69, 9.17) is 21.1 Å². The van der Waals surface area contributed by atoms with Gasteiger partial charge in [-0.1, -0.05) is 11.6 Å². The number of rotatable bonds is 2. The van der Waals surface area contributed by atoms with Gasteiger partial charge < -0.3 is 19.8 Å². The van der Waals surface area contributed by atoms with Crippen molar-refractivity contribution in [2.45, 2.75) is 24.6 Å². The largest absolute Gasteiger partial charge is 0.497 e. The van der Waals surface area contributed by atoms with Crippen LogP contribution in [-0.4, -0.2) is 38.0 Å². The number of quaternary nitrogens is 1. The molecule has 2 aromatic rings. The quantitative estimate of drug-likeness (QED) is 0.815. The topological polar surface area (TPSA) is 38.2 Å². The molecule has 1 fully saturated rings. The highest BCUT2D eigenvalue weighted by Crippen LogP contribution is 2.48. The van der Waals surface area contributed by atoms with Crippen LogP contribution in [0.15, 0.2) is 48.5 Å². The number of methoxy groups -OCH3 is 1. The van der Waals surface area contributed by atoms with Crippen LogP contribution in [0.2, 0.25) is 5.02 Å². The Hall–Kier alpha value is -2.21. The molecule has 2 N–H and O–H groups in total. The van der Waals surface area contributed by atoms with Gasteiger partial charge in [0, 0.05) is 10.6 Å². The predicted octanol–water partition coefficient (Wildman–Crippen LogP) is 2.65. The number of ether oxygens (including phenoxy) is 2. The van der Waals surface area contributed by atoms with Crippen LogP contribution in [0.3, 0.4) is 0 Å². The molecule has 5 rings (SSSR count). The van der Waals surface area contributed by atoms with E-state index in [-0.39, 0.29) is 11.8 Å². The van der Waals surface area contributed by atoms with Gasteiger partial charge in [-0.25, -0.2) is 0 Å². The Balaban J connectivity index is 1.55. The smallest absolute Gasteiger partial charge is 0.191 e. The Bertz CT molecular complexity index is 920. The highest BCUT2D eigenvalue weighted by Gasteiger charge is 2.52. The zero-order valence-corrected chi connectivity index (χ0v) is 16.9. The van der Waals surface area contributed by atoms with Crippen molar-refractivity contribution in [3.05, 3.63) is 64.7 Å². The van der Waals surface area contributed by atoms with Crippen LogP contribution in [0.5, 0.6) is 11.5 Å². The number of benzene rings is 2. The number of hydrogen-bond acceptors (Lipinski definition) is 4. The SMILES string of the molecule is COc1ccc(C2=CC3c4cc(Cl)ccc4OC4(CC[NH+](C)CC4)N3N2)cc1. The Morgan fingerprint density at radius 1 is 1.18 bits per heavy atom. The molecule has 0 radical (unpaired) electrons. The molecule has 3 heterocycles. The van der Waals surface area contributed by atoms with Crippen LogP contribution in [0.4, 0.5) is 0 Å². The molecule has 2 aromatic carbocycles. The number of likely N-dealkylation sites (tertiary alicyclic amines) is 1. The van der Waals surface area contributed by atoms with Gasteiger partial charge in [-0.15, -0.1) is 0 Å². The Morgan fingerprint density at radius 2 is 1.93 bits per heavy atom. The first kappa shape index (κ1) is 17.9. The average Bonchev–Trinajstić information content (AvgIpc) is 3.18. The molecule has 0 aliphatic carbocycles. The summed E-state index contributed by atoms with van der Waals surface area (Å²) in [5.74, 6) is 1.80. The molecular formula is C22H25ClN3O2+. The molecule has 3 aliphatic heterocycles. The van der Waals surface area contributed by atoms with E-state index < -0.39 is 0 Å². The van der Waals surface area contributed by atoms with Crippen LogP contribution >= 0.6 is 11.6 Å². The molecule has 0 saturated carbocycles. The molecule has 146 valence electrons. The predicted molar refractivity (Wildman–Crippen MR) is 109 cm³/mol. The molecule has 3 aliphatic rings. The van der Waals surface area contributed by atoms with Crippen molar-refractivity contribution in [2.24, 2.45) is 0 Å². The van der Waals surface area contributed by atoms with Crippen molar-refractivity contribution in [2.75, 3.05) is 27.2 Å². The van der Waals surface area contributed by atoms with E-state index in [1.165, 1.54) is 0 Å². The third kappa shape index (κ3) is 2.85. The lowest BCUT2D eigenvalue weighted by atomic mass is 9.93. The van der Waals surface area contributed by atoms with E-state index in [1.807, 2.05) is 30.3 Å². The van der Waals surface area contributed by atoms with Crippen molar-refractivity contribution in [3.63, 3.8) is 0 Å². The Morgan fingerprint density at radius 3 is 2.64 bits per heavy atom. The van der Waals surface area contributed by atoms with Gasteiger partial charge in [0.05, 0.1) is 51.8 Å². The molecule has 1 spiro atoms. The summed E-state index contributed by atoms with van der Waals surface area (Å²) in [5, 5.41) is 3.04. The van der Waals surface area contributed by atoms with Crippen LogP contribution in [0.1, 0.15) is 30.0 Å². The summed E-state index contributed by atoms with van der Waals surface area (Å²) in [7, 11) is 3.94. The number of nitrogens with one attached hydrogen (secondary N) is 2. The molecule has 1 saturated heterocycles. The number of hydrazine groups is 1. The minimum absolute atomic E-state index is 0.0953. The van der Waals surface area contributed by atoms with Gasteiger partial charge in [-0.3, -0.25) is 0 Å². The van der Waals surface area contributed by atoms with Crippen molar-refractivity contribution in [1.82, 2.24) is 10.4 Å². The van der Waals surface area contributed by atoms with Crippen LogP contribution < -0.4 is 19.8 Å². The first-order chi connectivity index (χ1) is 13.6. The fraction of sp³-hybridized carbons (Fsp3) is 0.364. The van der Waals surface area contributed by atoms with E-state index in [0.717, 1.165) is 59.3 Å². The Kier molecular flexibility index (Phi) is 4.27. The van der Waals surface area contributed by atoms with Gasteiger partial charge in [0.25, 0.3) is 0 Å². The fourth-order valence-electron chi connectivity index (χ4n) is 4.49. The summed E-state index contributed by atoms with van der Waals surface area (Å²) in [4.78, 5) is 1.55. The van der Waals surface area contributed by atoms with Crippen molar-refractivity contribution >= 4 is 17.3 Å². The van der Waals surface area contributed by atoms with Gasteiger partial charge in [-0.2, -0.15) is 5.01 Å². The molecule has 0 bridgehead atoms. The highest BCUT2D eigenvalue weighted by molar-refractivity contribution is 6.30. The average molecular weight is 399 g/mol. The molecule has 5 nitrogen and oxygen atoms in total. The van der Waals surface area contributed by atoms with Crippen LogP contribution in [-0.2, 0) is 0 Å². The maximum atomic E-state index is 6.64. The lowest BCUT2D eigenvalue weighted by molar-refractivity contribution is -0.888. The van der Waals surface area contributed by atoms with Crippen molar-refractivity contribution in [3.8, 4) is 11.5 Å². The van der Waals surface area contributed by atoms with Crippen molar-refractivity contribution in [1.29, 1.82) is 0 Å². The summed E-state index contributed by atoms with van der Waals surface area (Å²) in [6.07, 6.45) is 4.24. The van der Waals surface area contributed by atoms with E-state index >= 15 is 0 Å². The second-order valence-electron chi connectivity index (χ2n) is 7.92. The van der Waals surface area contributed by atoms with Gasteiger partial charge in [0.1, 0.15) is 11.5 Å². The third-order valence-corrected chi connectivity index (χ3v) is 6.39. The van der Waals surface area contributed by atoms with Gasteiger partial charge in [-0.05, 0) is 54.1 Å². The molecule has 0 aromatic heterocycles. The second-order valence-corrected chi connectivity index (χ2v) is 8.36. The number of halogens is 1. The maximum Gasteiger partial charge on any atom is 0.191 e. The minimum Gasteiger partial charge on any atom is -0.497 e. The molecule has 28 heavy (non-hydrogen) atoms. The number of hydrogen-bond donors (Lipinski definition) is 2.